The molecule has 4 amide bonds. The Morgan fingerprint density at radius 1 is 1.18 bits per heavy atom. The number of rotatable bonds is 4. The molecule has 2 aliphatic heterocycles. The molecule has 0 saturated carbocycles. The van der Waals surface area contributed by atoms with Crippen LogP contribution in [0.15, 0.2) is 24.3 Å². The molecule has 0 aromatic heterocycles. The summed E-state index contributed by atoms with van der Waals surface area (Å²) in [7, 11) is 0. The van der Waals surface area contributed by atoms with Crippen LogP contribution in [-0.2, 0) is 19.1 Å². The number of hydrogen-bond donors (Lipinski definition) is 2. The van der Waals surface area contributed by atoms with Gasteiger partial charge in [0.05, 0.1) is 44.9 Å². The van der Waals surface area contributed by atoms with Crippen LogP contribution in [0.25, 0.3) is 0 Å². The van der Waals surface area contributed by atoms with Gasteiger partial charge in [-0.2, -0.15) is 0 Å². The first-order valence-corrected chi connectivity index (χ1v) is 9.41. The molecule has 0 spiro atoms. The van der Waals surface area contributed by atoms with Crippen molar-refractivity contribution in [3.05, 3.63) is 24.3 Å². The van der Waals surface area contributed by atoms with Crippen LogP contribution in [0.3, 0.4) is 0 Å². The van der Waals surface area contributed by atoms with E-state index in [9.17, 15) is 19.2 Å². The molecule has 1 aromatic carbocycles. The monoisotopic (exact) mass is 389 g/mol. The molecule has 2 saturated heterocycles. The Kier molecular flexibility index (Phi) is 5.93. The minimum atomic E-state index is -0.438. The number of hydrogen-bond acceptors (Lipinski definition) is 5. The fourth-order valence-corrected chi connectivity index (χ4v) is 3.66. The molecule has 2 fully saturated rings. The van der Waals surface area contributed by atoms with Crippen molar-refractivity contribution < 1.29 is 28.8 Å². The average Bonchev–Trinajstić information content (AvgIpc) is 2.97. The van der Waals surface area contributed by atoms with Gasteiger partial charge in [0.2, 0.25) is 11.8 Å². The number of ether oxygens (including phenoxy) is 1. The Balaban J connectivity index is 1.64. The molecule has 0 bridgehead atoms. The predicted molar refractivity (Wildman–Crippen MR) is 101 cm³/mol. The molecule has 2 N–H and O–H groups in total. The third-order valence-corrected chi connectivity index (χ3v) is 5.02. The molecule has 1 aromatic rings. The summed E-state index contributed by atoms with van der Waals surface area (Å²) in [5, 5.41) is 2.65. The van der Waals surface area contributed by atoms with E-state index in [-0.39, 0.29) is 30.2 Å². The molecule has 2 aliphatic rings. The maximum absolute atomic E-state index is 12.9. The van der Waals surface area contributed by atoms with E-state index in [0.717, 1.165) is 4.90 Å². The summed E-state index contributed by atoms with van der Waals surface area (Å²) in [6.45, 7) is 5.69. The van der Waals surface area contributed by atoms with Crippen molar-refractivity contribution >= 4 is 35.2 Å². The van der Waals surface area contributed by atoms with Gasteiger partial charge in [0.1, 0.15) is 0 Å². The zero-order valence-electron chi connectivity index (χ0n) is 16.1. The normalized spacial score (nSPS) is 20.4. The Hall–Kier alpha value is -2.94. The Labute approximate surface area is 163 Å². The molecular formula is C19H25N4O5+. The predicted octanol–water partition coefficient (Wildman–Crippen LogP) is -0.366. The van der Waals surface area contributed by atoms with Gasteiger partial charge in [0.15, 0.2) is 6.04 Å². The van der Waals surface area contributed by atoms with Gasteiger partial charge in [-0.3, -0.25) is 19.3 Å². The van der Waals surface area contributed by atoms with Gasteiger partial charge in [-0.1, -0.05) is 0 Å². The van der Waals surface area contributed by atoms with E-state index in [1.807, 2.05) is 0 Å². The van der Waals surface area contributed by atoms with E-state index < -0.39 is 6.04 Å². The number of benzene rings is 1. The van der Waals surface area contributed by atoms with Crippen LogP contribution in [0.4, 0.5) is 16.2 Å². The molecule has 2 heterocycles. The van der Waals surface area contributed by atoms with Crippen molar-refractivity contribution in [2.24, 2.45) is 0 Å². The third-order valence-electron chi connectivity index (χ3n) is 5.02. The summed E-state index contributed by atoms with van der Waals surface area (Å²) < 4.78 is 5.01. The lowest BCUT2D eigenvalue weighted by Gasteiger charge is -2.33. The largest absolute Gasteiger partial charge is 0.450 e. The van der Waals surface area contributed by atoms with Crippen LogP contribution in [0.5, 0.6) is 0 Å². The van der Waals surface area contributed by atoms with Gasteiger partial charge in [-0.25, -0.2) is 9.69 Å². The van der Waals surface area contributed by atoms with Crippen LogP contribution in [0.2, 0.25) is 0 Å². The lowest BCUT2D eigenvalue weighted by atomic mass is 10.2. The van der Waals surface area contributed by atoms with Crippen molar-refractivity contribution in [3.63, 3.8) is 0 Å². The van der Waals surface area contributed by atoms with Gasteiger partial charge in [0, 0.05) is 12.6 Å². The first-order valence-electron chi connectivity index (χ1n) is 9.41. The van der Waals surface area contributed by atoms with Crippen molar-refractivity contribution in [1.29, 1.82) is 0 Å². The number of anilines is 2. The maximum Gasteiger partial charge on any atom is 0.410 e. The first kappa shape index (κ1) is 19.8. The molecule has 0 radical (unpaired) electrons. The van der Waals surface area contributed by atoms with Crippen molar-refractivity contribution in [2.75, 3.05) is 43.0 Å². The Morgan fingerprint density at radius 2 is 1.82 bits per heavy atom. The molecule has 28 heavy (non-hydrogen) atoms. The van der Waals surface area contributed by atoms with E-state index in [0.29, 0.717) is 44.2 Å². The third kappa shape index (κ3) is 4.14. The quantitative estimate of drug-likeness (QED) is 0.685. The number of amides is 4. The van der Waals surface area contributed by atoms with Crippen molar-refractivity contribution in [1.82, 2.24) is 4.90 Å². The Morgan fingerprint density at radius 3 is 2.39 bits per heavy atom. The van der Waals surface area contributed by atoms with Gasteiger partial charge in [-0.05, 0) is 31.2 Å². The van der Waals surface area contributed by atoms with Crippen LogP contribution in [0, 0.1) is 0 Å². The second-order valence-electron chi connectivity index (χ2n) is 6.90. The van der Waals surface area contributed by atoms with E-state index in [1.165, 1.54) is 11.8 Å². The highest BCUT2D eigenvalue weighted by Gasteiger charge is 2.46. The molecule has 0 aliphatic carbocycles. The number of carbonyl (C=O) groups excluding carboxylic acids is 4. The van der Waals surface area contributed by atoms with E-state index in [1.54, 1.807) is 36.1 Å². The van der Waals surface area contributed by atoms with E-state index >= 15 is 0 Å². The standard InChI is InChI=1S/C19H24N4O5/c1-3-28-19(27)22-10-8-21(9-11-22)16-12-17(25)23(18(16)26)15-6-4-14(5-7-15)20-13(2)24/h4-7,16H,3,8-12H2,1-2H3,(H,20,24)/p+1. The second kappa shape index (κ2) is 8.39. The van der Waals surface area contributed by atoms with Gasteiger partial charge >= 0.3 is 6.09 Å². The lowest BCUT2D eigenvalue weighted by Crippen LogP contribution is -3.19. The summed E-state index contributed by atoms with van der Waals surface area (Å²) in [5.41, 5.74) is 1.10. The second-order valence-corrected chi connectivity index (χ2v) is 6.90. The van der Waals surface area contributed by atoms with E-state index in [2.05, 4.69) is 5.32 Å². The number of nitrogens with one attached hydrogen (secondary N) is 2. The molecule has 9 heteroatoms. The van der Waals surface area contributed by atoms with Gasteiger partial charge in [-0.15, -0.1) is 0 Å². The summed E-state index contributed by atoms with van der Waals surface area (Å²) >= 11 is 0. The fraction of sp³-hybridized carbons (Fsp3) is 0.474. The Bertz CT molecular complexity index is 771. The minimum Gasteiger partial charge on any atom is -0.450 e. The van der Waals surface area contributed by atoms with Crippen LogP contribution < -0.4 is 15.1 Å². The van der Waals surface area contributed by atoms with Crippen LogP contribution in [0.1, 0.15) is 20.3 Å². The summed E-state index contributed by atoms with van der Waals surface area (Å²) in [6, 6.07) is 6.19. The number of piperazine rings is 1. The molecular weight excluding hydrogens is 364 g/mol. The number of quaternary nitrogens is 1. The van der Waals surface area contributed by atoms with Crippen molar-refractivity contribution in [2.45, 2.75) is 26.3 Å². The molecule has 150 valence electrons. The summed E-state index contributed by atoms with van der Waals surface area (Å²) in [4.78, 5) is 52.2. The maximum atomic E-state index is 12.9. The van der Waals surface area contributed by atoms with E-state index in [4.69, 9.17) is 4.74 Å². The van der Waals surface area contributed by atoms with Gasteiger partial charge in [0.25, 0.3) is 5.91 Å². The van der Waals surface area contributed by atoms with Gasteiger partial charge < -0.3 is 15.0 Å². The lowest BCUT2D eigenvalue weighted by molar-refractivity contribution is -0.918. The summed E-state index contributed by atoms with van der Waals surface area (Å²) in [6.07, 6.45) is -0.183. The fourth-order valence-electron chi connectivity index (χ4n) is 3.66. The zero-order valence-corrected chi connectivity index (χ0v) is 16.1. The topological polar surface area (TPSA) is 100 Å². The number of nitrogens with zero attached hydrogens (tertiary/aromatic N) is 2. The smallest absolute Gasteiger partial charge is 0.410 e. The highest BCUT2D eigenvalue weighted by molar-refractivity contribution is 6.21. The van der Waals surface area contributed by atoms with Crippen LogP contribution >= 0.6 is 0 Å². The minimum absolute atomic E-state index is 0.154. The summed E-state index contributed by atoms with van der Waals surface area (Å²) in [5.74, 6) is -0.647. The number of carbonyl (C=O) groups is 4. The number of imide groups is 1. The zero-order chi connectivity index (χ0) is 20.3. The first-order chi connectivity index (χ1) is 13.4. The molecule has 9 nitrogen and oxygen atoms in total. The van der Waals surface area contributed by atoms with Crippen molar-refractivity contribution in [3.8, 4) is 0 Å². The highest BCUT2D eigenvalue weighted by Crippen LogP contribution is 2.24. The molecule has 1 unspecified atom stereocenters. The molecule has 3 rings (SSSR count). The average molecular weight is 389 g/mol. The van der Waals surface area contributed by atoms with Crippen LogP contribution in [-0.4, -0.2) is 67.5 Å². The molecule has 1 atom stereocenters. The SMILES string of the molecule is CCOC(=O)N1CC[NH+](C2CC(=O)N(c3ccc(NC(C)=O)cc3)C2=O)CC1. The highest BCUT2D eigenvalue weighted by atomic mass is 16.6.